The van der Waals surface area contributed by atoms with E-state index in [1.165, 1.54) is 0 Å². The van der Waals surface area contributed by atoms with Gasteiger partial charge in [-0.25, -0.2) is 0 Å². The lowest BCUT2D eigenvalue weighted by Gasteiger charge is -2.32. The molecule has 0 heterocycles. The number of nitrogens with zero attached hydrogens (tertiary/aromatic N) is 1. The van der Waals surface area contributed by atoms with Gasteiger partial charge in [0, 0.05) is 25.3 Å². The number of hydrogen-bond donors (Lipinski definition) is 2. The Morgan fingerprint density at radius 2 is 1.78 bits per heavy atom. The van der Waals surface area contributed by atoms with Crippen LogP contribution in [0.5, 0.6) is 5.75 Å². The minimum absolute atomic E-state index is 0.268. The summed E-state index contributed by atoms with van der Waals surface area (Å²) < 4.78 is 0. The van der Waals surface area contributed by atoms with Crippen molar-refractivity contribution in [1.29, 1.82) is 0 Å². The molecule has 1 aromatic carbocycles. The first-order chi connectivity index (χ1) is 8.34. The molecule has 0 aliphatic heterocycles. The van der Waals surface area contributed by atoms with E-state index in [4.69, 9.17) is 0 Å². The maximum atomic E-state index is 9.27. The minimum Gasteiger partial charge on any atom is -0.508 e. The normalized spacial score (nSPS) is 13.4. The van der Waals surface area contributed by atoms with Gasteiger partial charge < -0.3 is 15.3 Å². The molecule has 1 aromatic rings. The lowest BCUT2D eigenvalue weighted by molar-refractivity contribution is 0.270. The van der Waals surface area contributed by atoms with Gasteiger partial charge in [-0.3, -0.25) is 0 Å². The van der Waals surface area contributed by atoms with Crippen molar-refractivity contribution in [2.45, 2.75) is 33.2 Å². The first-order valence-corrected chi connectivity index (χ1v) is 6.52. The molecule has 2 N–H and O–H groups in total. The van der Waals surface area contributed by atoms with Crippen molar-refractivity contribution < 1.29 is 5.11 Å². The van der Waals surface area contributed by atoms with E-state index in [-0.39, 0.29) is 5.41 Å². The van der Waals surface area contributed by atoms with E-state index >= 15 is 0 Å². The zero-order valence-corrected chi connectivity index (χ0v) is 12.2. The molecule has 3 heteroatoms. The van der Waals surface area contributed by atoms with Crippen LogP contribution in [0.4, 0.5) is 5.69 Å². The molecule has 0 radical (unpaired) electrons. The number of aromatic hydroxyl groups is 1. The fourth-order valence-electron chi connectivity index (χ4n) is 2.17. The Kier molecular flexibility index (Phi) is 5.03. The molecule has 1 rings (SSSR count). The number of rotatable bonds is 5. The van der Waals surface area contributed by atoms with Crippen molar-refractivity contribution in [3.63, 3.8) is 0 Å². The molecule has 0 spiro atoms. The molecule has 0 saturated heterocycles. The molecular weight excluding hydrogens is 224 g/mol. The molecule has 0 aliphatic rings. The summed E-state index contributed by atoms with van der Waals surface area (Å²) in [5, 5.41) is 12.7. The average molecular weight is 250 g/mol. The van der Waals surface area contributed by atoms with Gasteiger partial charge in [0.05, 0.1) is 0 Å². The summed E-state index contributed by atoms with van der Waals surface area (Å²) in [5.74, 6) is 0.315. The van der Waals surface area contributed by atoms with E-state index in [1.54, 1.807) is 12.1 Å². The van der Waals surface area contributed by atoms with Crippen molar-refractivity contribution in [3.05, 3.63) is 24.3 Å². The summed E-state index contributed by atoms with van der Waals surface area (Å²) in [6, 6.07) is 7.84. The lowest BCUT2D eigenvalue weighted by atomic mass is 9.85. The third-order valence-electron chi connectivity index (χ3n) is 3.44. The van der Waals surface area contributed by atoms with Crippen molar-refractivity contribution in [2.24, 2.45) is 5.41 Å². The summed E-state index contributed by atoms with van der Waals surface area (Å²) in [6.07, 6.45) is 1.09. The van der Waals surface area contributed by atoms with Gasteiger partial charge in [-0.1, -0.05) is 20.8 Å². The maximum absolute atomic E-state index is 9.27. The third-order valence-corrected chi connectivity index (χ3v) is 3.44. The Morgan fingerprint density at radius 3 is 2.22 bits per heavy atom. The molecule has 18 heavy (non-hydrogen) atoms. The van der Waals surface area contributed by atoms with Crippen molar-refractivity contribution in [2.75, 3.05) is 25.5 Å². The van der Waals surface area contributed by atoms with Gasteiger partial charge in [0.15, 0.2) is 0 Å². The molecule has 0 saturated carbocycles. The van der Waals surface area contributed by atoms with Crippen molar-refractivity contribution >= 4 is 5.69 Å². The molecule has 102 valence electrons. The summed E-state index contributed by atoms with van der Waals surface area (Å²) in [7, 11) is 4.11. The monoisotopic (exact) mass is 250 g/mol. The highest BCUT2D eigenvalue weighted by atomic mass is 16.3. The first kappa shape index (κ1) is 14.8. The SMILES string of the molecule is CNC(CCN(C)c1ccc(O)cc1)C(C)(C)C. The Balaban J connectivity index is 2.55. The van der Waals surface area contributed by atoms with Crippen molar-refractivity contribution in [1.82, 2.24) is 5.32 Å². The smallest absolute Gasteiger partial charge is 0.115 e. The zero-order chi connectivity index (χ0) is 13.8. The van der Waals surface area contributed by atoms with Crippen LogP contribution < -0.4 is 10.2 Å². The Hall–Kier alpha value is -1.22. The predicted octanol–water partition coefficient (Wildman–Crippen LogP) is 2.85. The van der Waals surface area contributed by atoms with E-state index in [0.717, 1.165) is 18.7 Å². The zero-order valence-electron chi connectivity index (χ0n) is 12.2. The first-order valence-electron chi connectivity index (χ1n) is 6.52. The van der Waals surface area contributed by atoms with Gasteiger partial charge in [0.25, 0.3) is 0 Å². The highest BCUT2D eigenvalue weighted by molar-refractivity contribution is 5.47. The number of nitrogens with one attached hydrogen (secondary N) is 1. The fraction of sp³-hybridized carbons (Fsp3) is 0.600. The van der Waals surface area contributed by atoms with E-state index in [0.29, 0.717) is 11.8 Å². The van der Waals surface area contributed by atoms with E-state index < -0.39 is 0 Å². The average Bonchev–Trinajstić information content (AvgIpc) is 2.28. The number of anilines is 1. The molecule has 1 atom stereocenters. The molecule has 0 aromatic heterocycles. The van der Waals surface area contributed by atoms with Crippen LogP contribution in [0.1, 0.15) is 27.2 Å². The summed E-state index contributed by atoms with van der Waals surface area (Å²) in [6.45, 7) is 7.77. The van der Waals surface area contributed by atoms with E-state index in [1.807, 2.05) is 19.2 Å². The summed E-state index contributed by atoms with van der Waals surface area (Å²) >= 11 is 0. The van der Waals surface area contributed by atoms with Crippen molar-refractivity contribution in [3.8, 4) is 5.75 Å². The minimum atomic E-state index is 0.268. The highest BCUT2D eigenvalue weighted by Gasteiger charge is 2.22. The molecule has 0 bridgehead atoms. The highest BCUT2D eigenvalue weighted by Crippen LogP contribution is 2.23. The fourth-order valence-corrected chi connectivity index (χ4v) is 2.17. The van der Waals surface area contributed by atoms with Crippen LogP contribution in [0.3, 0.4) is 0 Å². The van der Waals surface area contributed by atoms with Gasteiger partial charge in [-0.05, 0) is 43.1 Å². The molecule has 1 unspecified atom stereocenters. The predicted molar refractivity (Wildman–Crippen MR) is 78.3 cm³/mol. The summed E-state index contributed by atoms with van der Waals surface area (Å²) in [5.41, 5.74) is 1.40. The third kappa shape index (κ3) is 4.22. The number of phenols is 1. The van der Waals surface area contributed by atoms with Crippen LogP contribution in [0.15, 0.2) is 24.3 Å². The van der Waals surface area contributed by atoms with Gasteiger partial charge in [-0.15, -0.1) is 0 Å². The standard InChI is InChI=1S/C15H26N2O/c1-15(2,3)14(16-4)10-11-17(5)12-6-8-13(18)9-7-12/h6-9,14,16,18H,10-11H2,1-5H3. The second-order valence-corrected chi connectivity index (χ2v) is 5.93. The molecule has 0 amide bonds. The number of phenolic OH excluding ortho intramolecular Hbond substituents is 1. The second kappa shape index (κ2) is 6.10. The lowest BCUT2D eigenvalue weighted by Crippen LogP contribution is -2.40. The molecular formula is C15H26N2O. The Bertz CT molecular complexity index is 354. The second-order valence-electron chi connectivity index (χ2n) is 5.93. The van der Waals surface area contributed by atoms with Gasteiger partial charge in [0.2, 0.25) is 0 Å². The van der Waals surface area contributed by atoms with Crippen LogP contribution in [-0.2, 0) is 0 Å². The van der Waals surface area contributed by atoms with Crippen LogP contribution in [-0.4, -0.2) is 31.8 Å². The topological polar surface area (TPSA) is 35.5 Å². The van der Waals surface area contributed by atoms with Crippen LogP contribution in [0.2, 0.25) is 0 Å². The maximum Gasteiger partial charge on any atom is 0.115 e. The Morgan fingerprint density at radius 1 is 1.22 bits per heavy atom. The summed E-state index contributed by atoms with van der Waals surface area (Å²) in [4.78, 5) is 2.22. The molecule has 0 fully saturated rings. The van der Waals surface area contributed by atoms with Gasteiger partial charge >= 0.3 is 0 Å². The van der Waals surface area contributed by atoms with E-state index in [2.05, 4.69) is 38.0 Å². The largest absolute Gasteiger partial charge is 0.508 e. The van der Waals surface area contributed by atoms with Gasteiger partial charge in [-0.2, -0.15) is 0 Å². The Labute approximate surface area is 111 Å². The number of hydrogen-bond acceptors (Lipinski definition) is 3. The van der Waals surface area contributed by atoms with Gasteiger partial charge in [0.1, 0.15) is 5.75 Å². The van der Waals surface area contributed by atoms with Crippen LogP contribution in [0, 0.1) is 5.41 Å². The number of benzene rings is 1. The quantitative estimate of drug-likeness (QED) is 0.843. The molecule has 3 nitrogen and oxygen atoms in total. The molecule has 0 aliphatic carbocycles. The van der Waals surface area contributed by atoms with Crippen LogP contribution in [0.25, 0.3) is 0 Å². The van der Waals surface area contributed by atoms with Crippen LogP contribution >= 0.6 is 0 Å². The van der Waals surface area contributed by atoms with E-state index in [9.17, 15) is 5.11 Å².